The molecule has 7 nitrogen and oxygen atoms in total. The van der Waals surface area contributed by atoms with Crippen LogP contribution in [-0.2, 0) is 21.3 Å². The normalized spacial score (nSPS) is 11.3. The van der Waals surface area contributed by atoms with E-state index in [-0.39, 0.29) is 17.3 Å². The highest BCUT2D eigenvalue weighted by Gasteiger charge is 2.15. The number of ether oxygens (including phenoxy) is 3. The van der Waals surface area contributed by atoms with Gasteiger partial charge >= 0.3 is 0 Å². The molecule has 164 valence electrons. The molecule has 0 atom stereocenters. The number of aryl methyl sites for hydroxylation is 1. The molecule has 1 N–H and O–H groups in total. The molecular formula is C22H23FN2O5S. The molecule has 9 heteroatoms. The number of aromatic nitrogens is 1. The maximum atomic E-state index is 13.2. The Morgan fingerprint density at radius 3 is 2.58 bits per heavy atom. The molecule has 0 fully saturated rings. The number of pyridine rings is 1. The third kappa shape index (κ3) is 6.48. The summed E-state index contributed by atoms with van der Waals surface area (Å²) in [6.07, 6.45) is 1.50. The van der Waals surface area contributed by atoms with Gasteiger partial charge in [0.25, 0.3) is 0 Å². The first kappa shape index (κ1) is 22.7. The molecule has 0 saturated carbocycles. The smallest absolute Gasteiger partial charge is 0.240 e. The molecule has 1 heterocycles. The summed E-state index contributed by atoms with van der Waals surface area (Å²) in [5, 5.41) is 0. The summed E-state index contributed by atoms with van der Waals surface area (Å²) < 4.78 is 57.0. The second kappa shape index (κ2) is 10.3. The van der Waals surface area contributed by atoms with E-state index < -0.39 is 15.8 Å². The Kier molecular flexibility index (Phi) is 7.56. The van der Waals surface area contributed by atoms with Gasteiger partial charge in [-0.25, -0.2) is 22.5 Å². The number of nitrogens with one attached hydrogen (secondary N) is 1. The fourth-order valence-corrected chi connectivity index (χ4v) is 3.78. The van der Waals surface area contributed by atoms with Crippen LogP contribution in [0.15, 0.2) is 65.7 Å². The quantitative estimate of drug-likeness (QED) is 0.477. The van der Waals surface area contributed by atoms with Gasteiger partial charge in [0.2, 0.25) is 15.9 Å². The van der Waals surface area contributed by atoms with Crippen molar-refractivity contribution in [2.75, 3.05) is 20.3 Å². The van der Waals surface area contributed by atoms with Crippen molar-refractivity contribution < 1.29 is 27.0 Å². The maximum Gasteiger partial charge on any atom is 0.240 e. The number of methoxy groups -OCH3 is 1. The summed E-state index contributed by atoms with van der Waals surface area (Å²) in [5.74, 6) is 0.797. The molecule has 0 aliphatic carbocycles. The molecule has 0 aliphatic rings. The number of sulfonamides is 1. The predicted molar refractivity (Wildman–Crippen MR) is 113 cm³/mol. The molecule has 1 aromatic heterocycles. The fraction of sp³-hybridized carbons (Fsp3) is 0.227. The summed E-state index contributed by atoms with van der Waals surface area (Å²) >= 11 is 0. The van der Waals surface area contributed by atoms with Crippen LogP contribution in [-0.4, -0.2) is 33.7 Å². The third-order valence-corrected chi connectivity index (χ3v) is 5.68. The molecular weight excluding hydrogens is 423 g/mol. The highest BCUT2D eigenvalue weighted by Crippen LogP contribution is 2.23. The average molecular weight is 447 g/mol. The van der Waals surface area contributed by atoms with Crippen LogP contribution in [0.5, 0.6) is 17.4 Å². The Morgan fingerprint density at radius 1 is 1.06 bits per heavy atom. The van der Waals surface area contributed by atoms with Crippen LogP contribution in [0.1, 0.15) is 11.1 Å². The van der Waals surface area contributed by atoms with Crippen molar-refractivity contribution in [2.24, 2.45) is 0 Å². The largest absolute Gasteiger partial charge is 0.491 e. The lowest BCUT2D eigenvalue weighted by Gasteiger charge is -2.12. The van der Waals surface area contributed by atoms with Gasteiger partial charge in [0.15, 0.2) is 0 Å². The van der Waals surface area contributed by atoms with Gasteiger partial charge in [-0.2, -0.15) is 0 Å². The molecule has 0 spiro atoms. The standard InChI is InChI=1S/C22H23FN2O5S/c1-16-12-20(7-8-21(16)29-11-10-28-2)31(26,27)25-15-17-6-9-22(24-14-17)30-19-5-3-4-18(23)13-19/h3-9,12-14,25H,10-11,15H2,1-2H3. The van der Waals surface area contributed by atoms with Crippen molar-refractivity contribution in [3.8, 4) is 17.4 Å². The fourth-order valence-electron chi connectivity index (χ4n) is 2.67. The van der Waals surface area contributed by atoms with Crippen LogP contribution >= 0.6 is 0 Å². The van der Waals surface area contributed by atoms with Crippen molar-refractivity contribution >= 4 is 10.0 Å². The Balaban J connectivity index is 1.60. The monoisotopic (exact) mass is 446 g/mol. The van der Waals surface area contributed by atoms with Crippen LogP contribution in [0.3, 0.4) is 0 Å². The minimum atomic E-state index is -3.72. The van der Waals surface area contributed by atoms with E-state index >= 15 is 0 Å². The molecule has 2 aromatic carbocycles. The number of rotatable bonds is 10. The van der Waals surface area contributed by atoms with Gasteiger partial charge < -0.3 is 14.2 Å². The molecule has 3 aromatic rings. The van der Waals surface area contributed by atoms with Gasteiger partial charge in [-0.05, 0) is 48.4 Å². The van der Waals surface area contributed by atoms with Crippen LogP contribution in [0.25, 0.3) is 0 Å². The van der Waals surface area contributed by atoms with E-state index in [1.165, 1.54) is 30.5 Å². The Bertz CT molecular complexity index is 1120. The van der Waals surface area contributed by atoms with E-state index in [1.807, 2.05) is 0 Å². The maximum absolute atomic E-state index is 13.2. The molecule has 0 bridgehead atoms. The van der Waals surface area contributed by atoms with E-state index in [2.05, 4.69) is 9.71 Å². The van der Waals surface area contributed by atoms with Crippen molar-refractivity contribution in [3.63, 3.8) is 0 Å². The van der Waals surface area contributed by atoms with Crippen molar-refractivity contribution in [3.05, 3.63) is 77.7 Å². The molecule has 31 heavy (non-hydrogen) atoms. The predicted octanol–water partition coefficient (Wildman–Crippen LogP) is 3.83. The van der Waals surface area contributed by atoms with E-state index in [0.717, 1.165) is 0 Å². The van der Waals surface area contributed by atoms with Crippen LogP contribution < -0.4 is 14.2 Å². The van der Waals surface area contributed by atoms with Crippen LogP contribution in [0, 0.1) is 12.7 Å². The molecule has 0 saturated heterocycles. The van der Waals surface area contributed by atoms with Crippen molar-refractivity contribution in [1.29, 1.82) is 0 Å². The molecule has 0 unspecified atom stereocenters. The van der Waals surface area contributed by atoms with Gasteiger partial charge in [0.1, 0.15) is 23.9 Å². The number of nitrogens with zero attached hydrogens (tertiary/aromatic N) is 1. The Hall–Kier alpha value is -3.01. The Morgan fingerprint density at radius 2 is 1.90 bits per heavy atom. The minimum absolute atomic E-state index is 0.0563. The summed E-state index contributed by atoms with van der Waals surface area (Å²) in [7, 11) is -2.14. The topological polar surface area (TPSA) is 86.8 Å². The Labute approximate surface area is 180 Å². The van der Waals surface area contributed by atoms with Crippen molar-refractivity contribution in [2.45, 2.75) is 18.4 Å². The zero-order valence-corrected chi connectivity index (χ0v) is 18.0. The zero-order chi connectivity index (χ0) is 22.3. The van der Waals surface area contributed by atoms with Gasteiger partial charge in [-0.3, -0.25) is 0 Å². The lowest BCUT2D eigenvalue weighted by atomic mass is 10.2. The van der Waals surface area contributed by atoms with Crippen molar-refractivity contribution in [1.82, 2.24) is 9.71 Å². The first-order chi connectivity index (χ1) is 14.9. The van der Waals surface area contributed by atoms with Gasteiger partial charge in [-0.1, -0.05) is 12.1 Å². The molecule has 0 amide bonds. The lowest BCUT2D eigenvalue weighted by Crippen LogP contribution is -2.23. The molecule has 0 radical (unpaired) electrons. The summed E-state index contributed by atoms with van der Waals surface area (Å²) in [5.41, 5.74) is 1.35. The minimum Gasteiger partial charge on any atom is -0.491 e. The average Bonchev–Trinajstić information content (AvgIpc) is 2.74. The third-order valence-electron chi connectivity index (χ3n) is 4.28. The van der Waals surface area contributed by atoms with E-state index in [9.17, 15) is 12.8 Å². The van der Waals surface area contributed by atoms with E-state index in [4.69, 9.17) is 14.2 Å². The van der Waals surface area contributed by atoms with Gasteiger partial charge in [0.05, 0.1) is 11.5 Å². The highest BCUT2D eigenvalue weighted by molar-refractivity contribution is 7.89. The number of halogens is 1. The van der Waals surface area contributed by atoms with Crippen LogP contribution in [0.2, 0.25) is 0 Å². The summed E-state index contributed by atoms with van der Waals surface area (Å²) in [6.45, 7) is 2.66. The second-order valence-electron chi connectivity index (χ2n) is 6.66. The number of benzene rings is 2. The van der Waals surface area contributed by atoms with E-state index in [1.54, 1.807) is 44.4 Å². The van der Waals surface area contributed by atoms with Gasteiger partial charge in [-0.15, -0.1) is 0 Å². The molecule has 3 rings (SSSR count). The highest BCUT2D eigenvalue weighted by atomic mass is 32.2. The second-order valence-corrected chi connectivity index (χ2v) is 8.42. The summed E-state index contributed by atoms with van der Waals surface area (Å²) in [4.78, 5) is 4.27. The first-order valence-electron chi connectivity index (χ1n) is 9.48. The number of hydrogen-bond acceptors (Lipinski definition) is 6. The zero-order valence-electron chi connectivity index (χ0n) is 17.2. The van der Waals surface area contributed by atoms with Crippen LogP contribution in [0.4, 0.5) is 4.39 Å². The SMILES string of the molecule is COCCOc1ccc(S(=O)(=O)NCc2ccc(Oc3cccc(F)c3)nc2)cc1C. The number of hydrogen-bond donors (Lipinski definition) is 1. The summed E-state index contributed by atoms with van der Waals surface area (Å²) in [6, 6.07) is 13.7. The molecule has 0 aliphatic heterocycles. The van der Waals surface area contributed by atoms with E-state index in [0.29, 0.717) is 35.8 Å². The lowest BCUT2D eigenvalue weighted by molar-refractivity contribution is 0.146. The van der Waals surface area contributed by atoms with Gasteiger partial charge in [0, 0.05) is 32.0 Å². The first-order valence-corrected chi connectivity index (χ1v) is 11.0.